The monoisotopic (exact) mass is 480 g/mol. The summed E-state index contributed by atoms with van der Waals surface area (Å²) in [6.07, 6.45) is -11.4. The van der Waals surface area contributed by atoms with E-state index in [1.54, 1.807) is 51.1 Å². The Morgan fingerprint density at radius 3 is 1.74 bits per heavy atom. The SMILES string of the molecule is CC(C)(C)[Si](C)(C)OC(c1ccccc1SCc1ccccc1)(C(F)(F)F)C(F)(F)F. The molecule has 0 spiro atoms. The van der Waals surface area contributed by atoms with Gasteiger partial charge in [-0.2, -0.15) is 26.3 Å². The molecule has 2 aromatic carbocycles. The molecule has 0 unspecified atom stereocenters. The topological polar surface area (TPSA) is 9.23 Å². The zero-order chi connectivity index (χ0) is 23.7. The summed E-state index contributed by atoms with van der Waals surface area (Å²) in [6.45, 7) is 7.59. The van der Waals surface area contributed by atoms with E-state index in [9.17, 15) is 26.3 Å². The van der Waals surface area contributed by atoms with Crippen LogP contribution in [0, 0.1) is 0 Å². The Morgan fingerprint density at radius 2 is 1.26 bits per heavy atom. The Hall–Kier alpha value is -1.45. The molecule has 0 saturated heterocycles. The normalized spacial score (nSPS) is 14.0. The van der Waals surface area contributed by atoms with Gasteiger partial charge >= 0.3 is 12.4 Å². The summed E-state index contributed by atoms with van der Waals surface area (Å²) in [5.41, 5.74) is -4.54. The maximum atomic E-state index is 14.4. The molecule has 0 aromatic heterocycles. The molecule has 2 aromatic rings. The van der Waals surface area contributed by atoms with Crippen molar-refractivity contribution in [3.8, 4) is 0 Å². The number of benzene rings is 2. The van der Waals surface area contributed by atoms with Gasteiger partial charge in [0.15, 0.2) is 8.32 Å². The maximum Gasteiger partial charge on any atom is 0.429 e. The van der Waals surface area contributed by atoms with Crippen LogP contribution in [0.4, 0.5) is 26.3 Å². The van der Waals surface area contributed by atoms with E-state index in [1.807, 2.05) is 0 Å². The van der Waals surface area contributed by atoms with Crippen LogP contribution in [-0.4, -0.2) is 20.7 Å². The molecule has 31 heavy (non-hydrogen) atoms. The Balaban J connectivity index is 2.68. The molecular weight excluding hydrogens is 454 g/mol. The van der Waals surface area contributed by atoms with E-state index in [0.29, 0.717) is 0 Å². The first kappa shape index (κ1) is 25.8. The van der Waals surface area contributed by atoms with E-state index >= 15 is 0 Å². The predicted molar refractivity (Wildman–Crippen MR) is 115 cm³/mol. The Morgan fingerprint density at radius 1 is 0.774 bits per heavy atom. The van der Waals surface area contributed by atoms with Crippen LogP contribution in [0.15, 0.2) is 59.5 Å². The van der Waals surface area contributed by atoms with Gasteiger partial charge in [-0.3, -0.25) is 0 Å². The lowest BCUT2D eigenvalue weighted by molar-refractivity contribution is -0.370. The molecule has 0 aliphatic carbocycles. The largest absolute Gasteiger partial charge is 0.429 e. The van der Waals surface area contributed by atoms with Gasteiger partial charge in [-0.05, 0) is 29.8 Å². The summed E-state index contributed by atoms with van der Waals surface area (Å²) in [5.74, 6) is 0.226. The standard InChI is InChI=1S/C22H26F6OSSi/c1-19(2,3)31(4,5)29-20(21(23,24)25,22(26,27)28)17-13-9-10-14-18(17)30-15-16-11-7-6-8-12-16/h6-14H,15H2,1-5H3. The van der Waals surface area contributed by atoms with Crippen LogP contribution in [0.5, 0.6) is 0 Å². The van der Waals surface area contributed by atoms with Crippen molar-refractivity contribution in [2.24, 2.45) is 0 Å². The molecule has 0 heterocycles. The van der Waals surface area contributed by atoms with E-state index in [1.165, 1.54) is 31.3 Å². The number of hydrogen-bond acceptors (Lipinski definition) is 2. The van der Waals surface area contributed by atoms with Crippen LogP contribution in [0.25, 0.3) is 0 Å². The third-order valence-corrected chi connectivity index (χ3v) is 11.1. The lowest BCUT2D eigenvalue weighted by atomic mass is 9.92. The van der Waals surface area contributed by atoms with Crippen LogP contribution in [0.3, 0.4) is 0 Å². The second-order valence-electron chi connectivity index (χ2n) is 8.81. The molecule has 2 rings (SSSR count). The highest BCUT2D eigenvalue weighted by Crippen LogP contribution is 2.58. The van der Waals surface area contributed by atoms with Crippen molar-refractivity contribution in [2.75, 3.05) is 0 Å². The molecule has 0 N–H and O–H groups in total. The van der Waals surface area contributed by atoms with Crippen molar-refractivity contribution >= 4 is 20.1 Å². The first-order valence-electron chi connectivity index (χ1n) is 9.63. The summed E-state index contributed by atoms with van der Waals surface area (Å²) in [5, 5.41) is -0.860. The number of hydrogen-bond donors (Lipinski definition) is 0. The van der Waals surface area contributed by atoms with Gasteiger partial charge in [0.05, 0.1) is 0 Å². The molecule has 0 atom stereocenters. The average Bonchev–Trinajstić information content (AvgIpc) is 2.63. The zero-order valence-electron chi connectivity index (χ0n) is 18.0. The van der Waals surface area contributed by atoms with E-state index in [0.717, 1.165) is 23.4 Å². The zero-order valence-corrected chi connectivity index (χ0v) is 19.8. The highest BCUT2D eigenvalue weighted by atomic mass is 32.2. The highest BCUT2D eigenvalue weighted by molar-refractivity contribution is 7.98. The molecule has 0 amide bonds. The molecule has 0 aliphatic heterocycles. The molecule has 9 heteroatoms. The molecule has 0 bridgehead atoms. The van der Waals surface area contributed by atoms with Crippen molar-refractivity contribution in [1.29, 1.82) is 0 Å². The molecule has 0 radical (unpaired) electrons. The van der Waals surface area contributed by atoms with E-state index < -0.39 is 36.9 Å². The van der Waals surface area contributed by atoms with Crippen molar-refractivity contribution in [3.63, 3.8) is 0 Å². The lowest BCUT2D eigenvalue weighted by Gasteiger charge is -2.47. The smallest absolute Gasteiger partial charge is 0.393 e. The third-order valence-electron chi connectivity index (χ3n) is 5.52. The lowest BCUT2D eigenvalue weighted by Crippen LogP contribution is -2.62. The molecule has 0 saturated carbocycles. The van der Waals surface area contributed by atoms with Gasteiger partial charge in [-0.15, -0.1) is 11.8 Å². The maximum absolute atomic E-state index is 14.4. The van der Waals surface area contributed by atoms with Gasteiger partial charge in [-0.25, -0.2) is 0 Å². The van der Waals surface area contributed by atoms with Crippen LogP contribution in [0.1, 0.15) is 31.9 Å². The predicted octanol–water partition coefficient (Wildman–Crippen LogP) is 8.32. The van der Waals surface area contributed by atoms with Gasteiger partial charge in [0.25, 0.3) is 5.60 Å². The first-order chi connectivity index (χ1) is 14.0. The molecular formula is C22H26F6OSSi. The number of thioether (sulfide) groups is 1. The number of alkyl halides is 6. The Bertz CT molecular complexity index is 858. The summed E-state index contributed by atoms with van der Waals surface area (Å²) in [6, 6.07) is 13.6. The van der Waals surface area contributed by atoms with Crippen LogP contribution < -0.4 is 0 Å². The molecule has 1 nitrogen and oxygen atoms in total. The summed E-state index contributed by atoms with van der Waals surface area (Å²) >= 11 is 0.928. The quantitative estimate of drug-likeness (QED) is 0.234. The minimum atomic E-state index is -5.70. The fourth-order valence-corrected chi connectivity index (χ4v) is 5.26. The van der Waals surface area contributed by atoms with Crippen LogP contribution in [-0.2, 0) is 15.8 Å². The third kappa shape index (κ3) is 5.31. The van der Waals surface area contributed by atoms with Crippen molar-refractivity contribution in [1.82, 2.24) is 0 Å². The van der Waals surface area contributed by atoms with Gasteiger partial charge < -0.3 is 4.43 Å². The number of halogens is 6. The second kappa shape index (κ2) is 8.82. The van der Waals surface area contributed by atoms with Gasteiger partial charge in [0.2, 0.25) is 0 Å². The average molecular weight is 481 g/mol. The van der Waals surface area contributed by atoms with Crippen LogP contribution >= 0.6 is 11.8 Å². The summed E-state index contributed by atoms with van der Waals surface area (Å²) in [4.78, 5) is -0.111. The van der Waals surface area contributed by atoms with Gasteiger partial charge in [0, 0.05) is 16.2 Å². The van der Waals surface area contributed by atoms with Crippen molar-refractivity contribution in [3.05, 3.63) is 65.7 Å². The van der Waals surface area contributed by atoms with E-state index in [2.05, 4.69) is 0 Å². The van der Waals surface area contributed by atoms with Crippen molar-refractivity contribution in [2.45, 2.75) is 67.5 Å². The van der Waals surface area contributed by atoms with Crippen LogP contribution in [0.2, 0.25) is 18.1 Å². The van der Waals surface area contributed by atoms with Gasteiger partial charge in [-0.1, -0.05) is 69.3 Å². The van der Waals surface area contributed by atoms with E-state index in [4.69, 9.17) is 4.43 Å². The summed E-state index contributed by atoms with van der Waals surface area (Å²) in [7, 11) is -3.50. The minimum Gasteiger partial charge on any atom is -0.393 e. The minimum absolute atomic E-state index is 0.111. The molecule has 172 valence electrons. The fourth-order valence-electron chi connectivity index (χ4n) is 2.79. The van der Waals surface area contributed by atoms with Crippen molar-refractivity contribution < 1.29 is 30.8 Å². The number of rotatable bonds is 6. The first-order valence-corrected chi connectivity index (χ1v) is 13.5. The fraction of sp³-hybridized carbons (Fsp3) is 0.455. The second-order valence-corrected chi connectivity index (χ2v) is 14.6. The Kier molecular flexibility index (Phi) is 7.35. The molecule has 0 fully saturated rings. The molecule has 0 aliphatic rings. The summed E-state index contributed by atoms with van der Waals surface area (Å²) < 4.78 is 91.6. The Labute approximate surface area is 184 Å². The van der Waals surface area contributed by atoms with E-state index in [-0.39, 0.29) is 10.6 Å². The highest BCUT2D eigenvalue weighted by Gasteiger charge is 2.75. The van der Waals surface area contributed by atoms with Gasteiger partial charge in [0.1, 0.15) is 0 Å².